The van der Waals surface area contributed by atoms with Gasteiger partial charge in [0.2, 0.25) is 0 Å². The highest BCUT2D eigenvalue weighted by atomic mass is 19.1. The number of aryl methyl sites for hydroxylation is 1. The molecule has 1 amide bonds. The third-order valence-corrected chi connectivity index (χ3v) is 5.02. The number of pyridine rings is 1. The molecule has 4 rings (SSSR count). The molecule has 0 spiro atoms. The molecule has 1 aromatic carbocycles. The summed E-state index contributed by atoms with van der Waals surface area (Å²) in [5.74, 6) is 1.23. The molecule has 0 saturated heterocycles. The number of hydrogen-bond acceptors (Lipinski definition) is 3. The molecular weight excluding hydrogens is 343 g/mol. The Bertz CT molecular complexity index is 960. The maximum atomic E-state index is 13.6. The van der Waals surface area contributed by atoms with E-state index in [1.54, 1.807) is 19.2 Å². The van der Waals surface area contributed by atoms with Gasteiger partial charge in [0.25, 0.3) is 5.91 Å². The molecule has 1 fully saturated rings. The number of rotatable bonds is 7. The molecule has 0 radical (unpaired) electrons. The molecule has 1 saturated carbocycles. The van der Waals surface area contributed by atoms with E-state index < -0.39 is 0 Å². The van der Waals surface area contributed by atoms with Gasteiger partial charge in [-0.05, 0) is 67.5 Å². The molecule has 1 aliphatic rings. The monoisotopic (exact) mass is 366 g/mol. The molecule has 0 aliphatic heterocycles. The van der Waals surface area contributed by atoms with Crippen molar-refractivity contribution in [1.82, 2.24) is 15.3 Å². The molecule has 140 valence electrons. The van der Waals surface area contributed by atoms with Gasteiger partial charge in [-0.25, -0.2) is 9.37 Å². The van der Waals surface area contributed by atoms with Crippen LogP contribution in [0.2, 0.25) is 0 Å². The zero-order valence-corrected chi connectivity index (χ0v) is 15.3. The van der Waals surface area contributed by atoms with E-state index in [0.717, 1.165) is 34.7 Å². The van der Waals surface area contributed by atoms with E-state index in [9.17, 15) is 9.18 Å². The van der Waals surface area contributed by atoms with Crippen molar-refractivity contribution < 1.29 is 9.18 Å². The minimum absolute atomic E-state index is 0.140. The molecule has 5 nitrogen and oxygen atoms in total. The smallest absolute Gasteiger partial charge is 0.252 e. The lowest BCUT2D eigenvalue weighted by atomic mass is 10.1. The third-order valence-electron chi connectivity index (χ3n) is 5.02. The van der Waals surface area contributed by atoms with Crippen LogP contribution in [-0.2, 0) is 6.42 Å². The standard InChI is InChI=1S/C21H23FN4O/c1-13-8-17-15(11-24-19(17)9-18(13)22)6-7-23-21(27)16-4-5-20(26-12-16)25-10-14-2-3-14/h4-5,8-9,11-12,14,24H,2-3,6-7,10H2,1H3,(H,23,27)(H,25,26). The van der Waals surface area contributed by atoms with Crippen LogP contribution in [0.3, 0.4) is 0 Å². The van der Waals surface area contributed by atoms with E-state index >= 15 is 0 Å². The zero-order valence-electron chi connectivity index (χ0n) is 15.3. The number of halogens is 1. The summed E-state index contributed by atoms with van der Waals surface area (Å²) in [5, 5.41) is 7.20. The second-order valence-corrected chi connectivity index (χ2v) is 7.22. The van der Waals surface area contributed by atoms with Crippen molar-refractivity contribution in [2.75, 3.05) is 18.4 Å². The number of amides is 1. The Morgan fingerprint density at radius 1 is 1.33 bits per heavy atom. The average molecular weight is 366 g/mol. The fourth-order valence-electron chi connectivity index (χ4n) is 3.13. The van der Waals surface area contributed by atoms with Crippen LogP contribution in [0.15, 0.2) is 36.7 Å². The summed E-state index contributed by atoms with van der Waals surface area (Å²) < 4.78 is 13.6. The molecule has 27 heavy (non-hydrogen) atoms. The fourth-order valence-corrected chi connectivity index (χ4v) is 3.13. The molecule has 3 aromatic rings. The van der Waals surface area contributed by atoms with Crippen molar-refractivity contribution in [3.8, 4) is 0 Å². The first-order chi connectivity index (χ1) is 13.1. The van der Waals surface area contributed by atoms with Crippen LogP contribution >= 0.6 is 0 Å². The number of anilines is 1. The van der Waals surface area contributed by atoms with E-state index in [1.807, 2.05) is 18.3 Å². The first-order valence-corrected chi connectivity index (χ1v) is 9.34. The topological polar surface area (TPSA) is 69.8 Å². The lowest BCUT2D eigenvalue weighted by molar-refractivity contribution is 0.0954. The second kappa shape index (κ2) is 7.39. The van der Waals surface area contributed by atoms with Crippen LogP contribution in [0.5, 0.6) is 0 Å². The van der Waals surface area contributed by atoms with Crippen LogP contribution in [0, 0.1) is 18.7 Å². The number of aromatic nitrogens is 2. The molecule has 0 unspecified atom stereocenters. The lowest BCUT2D eigenvalue weighted by Crippen LogP contribution is -2.25. The fraction of sp³-hybridized carbons (Fsp3) is 0.333. The van der Waals surface area contributed by atoms with Crippen molar-refractivity contribution in [2.24, 2.45) is 5.92 Å². The Balaban J connectivity index is 1.32. The van der Waals surface area contributed by atoms with Gasteiger partial charge in [0.15, 0.2) is 0 Å². The highest BCUT2D eigenvalue weighted by molar-refractivity contribution is 5.94. The molecule has 2 aromatic heterocycles. The molecule has 3 N–H and O–H groups in total. The number of fused-ring (bicyclic) bond motifs is 1. The Hall–Kier alpha value is -2.89. The van der Waals surface area contributed by atoms with E-state index in [2.05, 4.69) is 20.6 Å². The van der Waals surface area contributed by atoms with E-state index in [-0.39, 0.29) is 11.7 Å². The van der Waals surface area contributed by atoms with E-state index in [0.29, 0.717) is 24.1 Å². The molecule has 1 aliphatic carbocycles. The lowest BCUT2D eigenvalue weighted by Gasteiger charge is -2.07. The van der Waals surface area contributed by atoms with Crippen molar-refractivity contribution in [3.05, 3.63) is 59.2 Å². The molecular formula is C21H23FN4O. The zero-order chi connectivity index (χ0) is 18.8. The summed E-state index contributed by atoms with van der Waals surface area (Å²) >= 11 is 0. The summed E-state index contributed by atoms with van der Waals surface area (Å²) in [6.07, 6.45) is 6.72. The van der Waals surface area contributed by atoms with Gasteiger partial charge in [-0.2, -0.15) is 0 Å². The second-order valence-electron chi connectivity index (χ2n) is 7.22. The Kier molecular flexibility index (Phi) is 4.79. The first kappa shape index (κ1) is 17.5. The van der Waals surface area contributed by atoms with Gasteiger partial charge >= 0.3 is 0 Å². The molecule has 6 heteroatoms. The van der Waals surface area contributed by atoms with Crippen LogP contribution in [0.25, 0.3) is 10.9 Å². The number of aromatic amines is 1. The van der Waals surface area contributed by atoms with Gasteiger partial charge in [-0.1, -0.05) is 0 Å². The van der Waals surface area contributed by atoms with Crippen molar-refractivity contribution in [2.45, 2.75) is 26.2 Å². The van der Waals surface area contributed by atoms with Gasteiger partial charge in [0.05, 0.1) is 5.56 Å². The van der Waals surface area contributed by atoms with Crippen LogP contribution < -0.4 is 10.6 Å². The number of hydrogen-bond donors (Lipinski definition) is 3. The normalized spacial score (nSPS) is 13.7. The number of H-pyrrole nitrogens is 1. The summed E-state index contributed by atoms with van der Waals surface area (Å²) in [5.41, 5.74) is 3.00. The van der Waals surface area contributed by atoms with E-state index in [1.165, 1.54) is 18.9 Å². The highest BCUT2D eigenvalue weighted by Gasteiger charge is 2.20. The predicted molar refractivity (Wildman–Crippen MR) is 104 cm³/mol. The minimum Gasteiger partial charge on any atom is -0.370 e. The number of carbonyl (C=O) groups is 1. The molecule has 0 atom stereocenters. The van der Waals surface area contributed by atoms with Crippen LogP contribution in [0.1, 0.15) is 34.3 Å². The van der Waals surface area contributed by atoms with Gasteiger partial charge in [0.1, 0.15) is 11.6 Å². The SMILES string of the molecule is Cc1cc2c(CCNC(=O)c3ccc(NCC4CC4)nc3)c[nH]c2cc1F. The van der Waals surface area contributed by atoms with Crippen molar-refractivity contribution >= 4 is 22.6 Å². The van der Waals surface area contributed by atoms with Crippen molar-refractivity contribution in [1.29, 1.82) is 0 Å². The largest absolute Gasteiger partial charge is 0.370 e. The Labute approximate surface area is 157 Å². The predicted octanol–water partition coefficient (Wildman–Crippen LogP) is 3.80. The Morgan fingerprint density at radius 2 is 2.19 bits per heavy atom. The summed E-state index contributed by atoms with van der Waals surface area (Å²) in [6, 6.07) is 6.98. The summed E-state index contributed by atoms with van der Waals surface area (Å²) in [7, 11) is 0. The van der Waals surface area contributed by atoms with Gasteiger partial charge in [-0.15, -0.1) is 0 Å². The molecule has 0 bridgehead atoms. The minimum atomic E-state index is -0.216. The first-order valence-electron chi connectivity index (χ1n) is 9.34. The average Bonchev–Trinajstić information content (AvgIpc) is 3.43. The number of nitrogens with zero attached hydrogens (tertiary/aromatic N) is 1. The molecule has 2 heterocycles. The highest BCUT2D eigenvalue weighted by Crippen LogP contribution is 2.28. The van der Waals surface area contributed by atoms with Gasteiger partial charge < -0.3 is 15.6 Å². The van der Waals surface area contributed by atoms with Gasteiger partial charge in [0, 0.05) is 36.4 Å². The van der Waals surface area contributed by atoms with Crippen molar-refractivity contribution in [3.63, 3.8) is 0 Å². The van der Waals surface area contributed by atoms with Gasteiger partial charge in [-0.3, -0.25) is 4.79 Å². The Morgan fingerprint density at radius 3 is 2.93 bits per heavy atom. The number of carbonyl (C=O) groups excluding carboxylic acids is 1. The summed E-state index contributed by atoms with van der Waals surface area (Å²) in [4.78, 5) is 19.7. The summed E-state index contributed by atoms with van der Waals surface area (Å²) in [6.45, 7) is 3.21. The third kappa shape index (κ3) is 4.10. The van der Waals surface area contributed by atoms with Crippen LogP contribution in [0.4, 0.5) is 10.2 Å². The maximum absolute atomic E-state index is 13.6. The quantitative estimate of drug-likeness (QED) is 0.596. The number of nitrogens with one attached hydrogen (secondary N) is 3. The maximum Gasteiger partial charge on any atom is 0.252 e. The van der Waals surface area contributed by atoms with E-state index in [4.69, 9.17) is 0 Å². The number of benzene rings is 1. The van der Waals surface area contributed by atoms with Crippen LogP contribution in [-0.4, -0.2) is 29.0 Å².